The maximum Gasteiger partial charge on any atom is 0.407 e. The van der Waals surface area contributed by atoms with Crippen molar-refractivity contribution in [2.75, 3.05) is 11.9 Å². The van der Waals surface area contributed by atoms with E-state index < -0.39 is 29.8 Å². The van der Waals surface area contributed by atoms with Crippen molar-refractivity contribution in [3.8, 4) is 11.1 Å². The fourth-order valence-electron chi connectivity index (χ4n) is 4.27. The van der Waals surface area contributed by atoms with Gasteiger partial charge >= 0.3 is 12.1 Å². The second-order valence-corrected chi connectivity index (χ2v) is 8.40. The van der Waals surface area contributed by atoms with Crippen molar-refractivity contribution in [1.29, 1.82) is 0 Å². The lowest BCUT2D eigenvalue weighted by molar-refractivity contribution is -0.137. The van der Waals surface area contributed by atoms with E-state index in [1.807, 2.05) is 48.5 Å². The molecule has 1 aliphatic rings. The van der Waals surface area contributed by atoms with E-state index in [-0.39, 0.29) is 31.1 Å². The first kappa shape index (κ1) is 23.9. The summed E-state index contributed by atoms with van der Waals surface area (Å²) in [5.41, 5.74) is 5.12. The Morgan fingerprint density at radius 1 is 1.00 bits per heavy atom. The maximum atomic E-state index is 13.6. The number of anilines is 1. The zero-order valence-electron chi connectivity index (χ0n) is 19.1. The van der Waals surface area contributed by atoms with Crippen LogP contribution < -0.4 is 10.6 Å². The fourth-order valence-corrected chi connectivity index (χ4v) is 4.27. The van der Waals surface area contributed by atoms with Gasteiger partial charge in [-0.1, -0.05) is 54.6 Å². The van der Waals surface area contributed by atoms with Gasteiger partial charge in [0.15, 0.2) is 0 Å². The van der Waals surface area contributed by atoms with Gasteiger partial charge in [-0.25, -0.2) is 9.18 Å². The number of aliphatic carboxylic acids is 1. The number of alkyl carbamates (subject to hydrolysis) is 1. The van der Waals surface area contributed by atoms with Crippen LogP contribution in [0.15, 0.2) is 66.7 Å². The molecule has 0 fully saturated rings. The van der Waals surface area contributed by atoms with Crippen molar-refractivity contribution in [3.05, 3.63) is 89.2 Å². The van der Waals surface area contributed by atoms with Crippen LogP contribution in [0.5, 0.6) is 0 Å². The number of carboxylic acids is 1. The maximum absolute atomic E-state index is 13.6. The third-order valence-corrected chi connectivity index (χ3v) is 6.06. The largest absolute Gasteiger partial charge is 0.481 e. The predicted molar refractivity (Wildman–Crippen MR) is 129 cm³/mol. The number of aryl methyl sites for hydroxylation is 1. The number of benzene rings is 3. The molecule has 7 nitrogen and oxygen atoms in total. The summed E-state index contributed by atoms with van der Waals surface area (Å²) in [7, 11) is 0. The average molecular weight is 477 g/mol. The molecule has 0 saturated carbocycles. The van der Waals surface area contributed by atoms with Crippen molar-refractivity contribution in [2.45, 2.75) is 31.7 Å². The van der Waals surface area contributed by atoms with Gasteiger partial charge < -0.3 is 20.5 Å². The van der Waals surface area contributed by atoms with Crippen LogP contribution in [0.25, 0.3) is 11.1 Å². The van der Waals surface area contributed by atoms with E-state index in [2.05, 4.69) is 10.6 Å². The number of rotatable bonds is 8. The Bertz CT molecular complexity index is 1230. The summed E-state index contributed by atoms with van der Waals surface area (Å²) in [6, 6.07) is 18.6. The normalized spacial score (nSPS) is 12.9. The third-order valence-electron chi connectivity index (χ3n) is 6.06. The van der Waals surface area contributed by atoms with Gasteiger partial charge in [-0.2, -0.15) is 0 Å². The molecule has 1 aliphatic carbocycles. The first-order chi connectivity index (χ1) is 16.8. The molecule has 0 spiro atoms. The van der Waals surface area contributed by atoms with Crippen LogP contribution in [0.4, 0.5) is 14.9 Å². The Labute approximate surface area is 201 Å². The Kier molecular flexibility index (Phi) is 7.10. The number of amides is 2. The number of carbonyl (C=O) groups excluding carboxylic acids is 2. The van der Waals surface area contributed by atoms with E-state index in [0.717, 1.165) is 28.3 Å². The van der Waals surface area contributed by atoms with E-state index in [4.69, 9.17) is 9.84 Å². The molecule has 1 unspecified atom stereocenters. The molecule has 35 heavy (non-hydrogen) atoms. The SMILES string of the molecule is Cc1ccc(F)cc1NC(=O)C(CCC(=O)O)NC(=O)OCC1c2ccccc2-c2ccccc21. The van der Waals surface area contributed by atoms with Crippen molar-refractivity contribution in [2.24, 2.45) is 0 Å². The smallest absolute Gasteiger partial charge is 0.407 e. The summed E-state index contributed by atoms with van der Waals surface area (Å²) in [6.45, 7) is 1.75. The van der Waals surface area contributed by atoms with Crippen LogP contribution >= 0.6 is 0 Å². The van der Waals surface area contributed by atoms with E-state index >= 15 is 0 Å². The van der Waals surface area contributed by atoms with Crippen LogP contribution in [0.3, 0.4) is 0 Å². The molecule has 2 amide bonds. The molecule has 3 aromatic carbocycles. The van der Waals surface area contributed by atoms with Crippen LogP contribution in [0.2, 0.25) is 0 Å². The van der Waals surface area contributed by atoms with Crippen LogP contribution in [0, 0.1) is 12.7 Å². The minimum Gasteiger partial charge on any atom is -0.481 e. The molecule has 8 heteroatoms. The van der Waals surface area contributed by atoms with Gasteiger partial charge in [0.1, 0.15) is 18.5 Å². The van der Waals surface area contributed by atoms with Gasteiger partial charge in [-0.3, -0.25) is 9.59 Å². The van der Waals surface area contributed by atoms with Gasteiger partial charge in [-0.15, -0.1) is 0 Å². The molecule has 0 heterocycles. The molecule has 1 atom stereocenters. The van der Waals surface area contributed by atoms with Gasteiger partial charge in [0, 0.05) is 18.0 Å². The molecule has 3 N–H and O–H groups in total. The molecule has 4 rings (SSSR count). The lowest BCUT2D eigenvalue weighted by Crippen LogP contribution is -2.44. The molecule has 0 radical (unpaired) electrons. The second kappa shape index (κ2) is 10.4. The molecule has 0 saturated heterocycles. The molecular formula is C27H25FN2O5. The first-order valence-corrected chi connectivity index (χ1v) is 11.2. The monoisotopic (exact) mass is 476 g/mol. The number of halogens is 1. The summed E-state index contributed by atoms with van der Waals surface area (Å²) in [5, 5.41) is 14.1. The highest BCUT2D eigenvalue weighted by molar-refractivity contribution is 5.97. The lowest BCUT2D eigenvalue weighted by Gasteiger charge is -2.20. The molecule has 180 valence electrons. The standard InChI is InChI=1S/C27H25FN2O5/c1-16-10-11-17(28)14-24(16)29-26(33)23(12-13-25(31)32)30-27(34)35-15-22-20-8-4-2-6-18(20)19-7-3-5-9-21(19)22/h2-11,14,22-23H,12-13,15H2,1H3,(H,29,33)(H,30,34)(H,31,32). The fraction of sp³-hybridized carbons (Fsp3) is 0.222. The average Bonchev–Trinajstić information content (AvgIpc) is 3.16. The van der Waals surface area contributed by atoms with Gasteiger partial charge in [0.25, 0.3) is 0 Å². The van der Waals surface area contributed by atoms with Crippen molar-refractivity contribution < 1.29 is 28.6 Å². The number of ether oxygens (including phenoxy) is 1. The summed E-state index contributed by atoms with van der Waals surface area (Å²) >= 11 is 0. The summed E-state index contributed by atoms with van der Waals surface area (Å²) in [5.74, 6) is -2.46. The number of hydrogen-bond donors (Lipinski definition) is 3. The van der Waals surface area contributed by atoms with E-state index in [9.17, 15) is 18.8 Å². The molecule has 0 aliphatic heterocycles. The minimum atomic E-state index is -1.18. The Balaban J connectivity index is 1.44. The number of nitrogens with one attached hydrogen (secondary N) is 2. The van der Waals surface area contributed by atoms with Gasteiger partial charge in [0.2, 0.25) is 5.91 Å². The summed E-state index contributed by atoms with van der Waals surface area (Å²) in [4.78, 5) is 36.5. The first-order valence-electron chi connectivity index (χ1n) is 11.2. The second-order valence-electron chi connectivity index (χ2n) is 8.40. The Morgan fingerprint density at radius 2 is 1.63 bits per heavy atom. The van der Waals surface area contributed by atoms with Crippen LogP contribution in [0.1, 0.15) is 35.4 Å². The number of hydrogen-bond acceptors (Lipinski definition) is 4. The molecular weight excluding hydrogens is 451 g/mol. The van der Waals surface area contributed by atoms with E-state index in [0.29, 0.717) is 5.56 Å². The number of carboxylic acid groups (broad SMARTS) is 1. The van der Waals surface area contributed by atoms with E-state index in [1.165, 1.54) is 12.1 Å². The van der Waals surface area contributed by atoms with Gasteiger partial charge in [-0.05, 0) is 53.3 Å². The molecule has 0 aromatic heterocycles. The molecule has 3 aromatic rings. The van der Waals surface area contributed by atoms with Crippen molar-refractivity contribution >= 4 is 23.7 Å². The molecule has 0 bridgehead atoms. The van der Waals surface area contributed by atoms with Crippen LogP contribution in [-0.4, -0.2) is 35.7 Å². The van der Waals surface area contributed by atoms with Crippen molar-refractivity contribution in [3.63, 3.8) is 0 Å². The quantitative estimate of drug-likeness (QED) is 0.431. The lowest BCUT2D eigenvalue weighted by atomic mass is 9.98. The Hall–Kier alpha value is -4.20. The number of carbonyl (C=O) groups is 3. The Morgan fingerprint density at radius 3 is 2.26 bits per heavy atom. The predicted octanol–water partition coefficient (Wildman–Crippen LogP) is 4.84. The topological polar surface area (TPSA) is 105 Å². The van der Waals surface area contributed by atoms with Gasteiger partial charge in [0.05, 0.1) is 0 Å². The third kappa shape index (κ3) is 5.48. The van der Waals surface area contributed by atoms with E-state index in [1.54, 1.807) is 6.92 Å². The summed E-state index contributed by atoms with van der Waals surface area (Å²) in [6.07, 6.45) is -1.34. The highest BCUT2D eigenvalue weighted by atomic mass is 19.1. The number of fused-ring (bicyclic) bond motifs is 3. The minimum absolute atomic E-state index is 0.0517. The highest BCUT2D eigenvalue weighted by Crippen LogP contribution is 2.44. The van der Waals surface area contributed by atoms with Crippen molar-refractivity contribution in [1.82, 2.24) is 5.32 Å². The summed E-state index contributed by atoms with van der Waals surface area (Å²) < 4.78 is 19.1. The highest BCUT2D eigenvalue weighted by Gasteiger charge is 2.30. The zero-order valence-corrected chi connectivity index (χ0v) is 19.1. The van der Waals surface area contributed by atoms with Crippen LogP contribution in [-0.2, 0) is 14.3 Å². The zero-order chi connectivity index (χ0) is 24.9.